The van der Waals surface area contributed by atoms with E-state index in [1.807, 2.05) is 13.8 Å². The second-order valence-electron chi connectivity index (χ2n) is 5.52. The minimum absolute atomic E-state index is 0.0418. The van der Waals surface area contributed by atoms with Crippen molar-refractivity contribution in [2.75, 3.05) is 5.75 Å². The minimum Gasteiger partial charge on any atom is -0.478 e. The SMILES string of the molecule is Cc1cc(C(=O)O)c(C)c2c1S(=O)(=O)CC2(C)C. The second kappa shape index (κ2) is 3.57. The lowest BCUT2D eigenvalue weighted by molar-refractivity contribution is 0.0695. The molecule has 0 amide bonds. The molecule has 18 heavy (non-hydrogen) atoms. The maximum absolute atomic E-state index is 12.2. The zero-order chi connectivity index (χ0) is 13.9. The van der Waals surface area contributed by atoms with Crippen molar-refractivity contribution >= 4 is 15.8 Å². The first-order chi connectivity index (χ1) is 8.08. The maximum atomic E-state index is 12.2. The fraction of sp³-hybridized carbons (Fsp3) is 0.462. The average molecular weight is 268 g/mol. The summed E-state index contributed by atoms with van der Waals surface area (Å²) in [6.07, 6.45) is 0. The number of sulfone groups is 1. The van der Waals surface area contributed by atoms with Gasteiger partial charge in [-0.25, -0.2) is 13.2 Å². The zero-order valence-electron chi connectivity index (χ0n) is 10.9. The van der Waals surface area contributed by atoms with Crippen molar-refractivity contribution in [3.8, 4) is 0 Å². The van der Waals surface area contributed by atoms with Gasteiger partial charge in [-0.05, 0) is 36.6 Å². The zero-order valence-corrected chi connectivity index (χ0v) is 11.7. The molecule has 0 spiro atoms. The Balaban J connectivity index is 2.96. The van der Waals surface area contributed by atoms with Crippen molar-refractivity contribution in [1.82, 2.24) is 0 Å². The summed E-state index contributed by atoms with van der Waals surface area (Å²) >= 11 is 0. The van der Waals surface area contributed by atoms with E-state index in [1.165, 1.54) is 6.07 Å². The fourth-order valence-corrected chi connectivity index (χ4v) is 5.48. The monoisotopic (exact) mass is 268 g/mol. The Hall–Kier alpha value is -1.36. The van der Waals surface area contributed by atoms with Crippen LogP contribution in [0.15, 0.2) is 11.0 Å². The molecule has 4 nitrogen and oxygen atoms in total. The van der Waals surface area contributed by atoms with Crippen LogP contribution in [0.1, 0.15) is 40.9 Å². The first kappa shape index (κ1) is 13.1. The van der Waals surface area contributed by atoms with Crippen LogP contribution in [0, 0.1) is 13.8 Å². The van der Waals surface area contributed by atoms with Crippen LogP contribution < -0.4 is 0 Å². The van der Waals surface area contributed by atoms with Crippen molar-refractivity contribution in [2.45, 2.75) is 38.0 Å². The number of aryl methyl sites for hydroxylation is 1. The van der Waals surface area contributed by atoms with Crippen LogP contribution >= 0.6 is 0 Å². The Kier molecular flexibility index (Phi) is 2.59. The summed E-state index contributed by atoms with van der Waals surface area (Å²) in [6.45, 7) is 7.02. The second-order valence-corrected chi connectivity index (χ2v) is 7.44. The summed E-state index contributed by atoms with van der Waals surface area (Å²) in [4.78, 5) is 11.5. The minimum atomic E-state index is -3.30. The summed E-state index contributed by atoms with van der Waals surface area (Å²) in [5, 5.41) is 9.17. The van der Waals surface area contributed by atoms with Gasteiger partial charge in [0.05, 0.1) is 16.2 Å². The highest BCUT2D eigenvalue weighted by molar-refractivity contribution is 7.91. The van der Waals surface area contributed by atoms with E-state index in [0.717, 1.165) is 0 Å². The number of carbonyl (C=O) groups is 1. The molecule has 0 unspecified atom stereocenters. The predicted octanol–water partition coefficient (Wildman–Crippen LogP) is 2.07. The van der Waals surface area contributed by atoms with E-state index in [1.54, 1.807) is 13.8 Å². The molecular formula is C13H16O4S. The number of benzene rings is 1. The number of carboxylic acid groups (broad SMARTS) is 1. The van der Waals surface area contributed by atoms with Crippen LogP contribution in [-0.2, 0) is 15.3 Å². The van der Waals surface area contributed by atoms with Gasteiger partial charge in [0, 0.05) is 5.41 Å². The van der Waals surface area contributed by atoms with Gasteiger partial charge < -0.3 is 5.11 Å². The molecule has 0 aromatic heterocycles. The number of hydrogen-bond donors (Lipinski definition) is 1. The summed E-state index contributed by atoms with van der Waals surface area (Å²) < 4.78 is 24.4. The van der Waals surface area contributed by atoms with Crippen LogP contribution in [0.5, 0.6) is 0 Å². The van der Waals surface area contributed by atoms with E-state index in [-0.39, 0.29) is 11.3 Å². The maximum Gasteiger partial charge on any atom is 0.335 e. The highest BCUT2D eigenvalue weighted by atomic mass is 32.2. The molecule has 0 aliphatic carbocycles. The van der Waals surface area contributed by atoms with Crippen molar-refractivity contribution in [2.24, 2.45) is 0 Å². The molecule has 98 valence electrons. The topological polar surface area (TPSA) is 71.4 Å². The highest BCUT2D eigenvalue weighted by Gasteiger charge is 2.43. The van der Waals surface area contributed by atoms with Crippen molar-refractivity contribution in [1.29, 1.82) is 0 Å². The van der Waals surface area contributed by atoms with Crippen LogP contribution in [-0.4, -0.2) is 25.2 Å². The number of rotatable bonds is 1. The Labute approximate surface area is 107 Å². The molecule has 0 radical (unpaired) electrons. The lowest BCUT2D eigenvalue weighted by Crippen LogP contribution is -2.20. The van der Waals surface area contributed by atoms with E-state index < -0.39 is 21.2 Å². The number of hydrogen-bond acceptors (Lipinski definition) is 3. The van der Waals surface area contributed by atoms with Crippen molar-refractivity contribution < 1.29 is 18.3 Å². The van der Waals surface area contributed by atoms with Crippen LogP contribution in [0.2, 0.25) is 0 Å². The van der Waals surface area contributed by atoms with Crippen molar-refractivity contribution in [3.63, 3.8) is 0 Å². The first-order valence-corrected chi connectivity index (χ1v) is 7.34. The third-order valence-corrected chi connectivity index (χ3v) is 5.74. The molecule has 1 aromatic carbocycles. The van der Waals surface area contributed by atoms with E-state index in [0.29, 0.717) is 21.6 Å². The molecule has 0 bridgehead atoms. The fourth-order valence-electron chi connectivity index (χ4n) is 2.95. The Bertz CT molecular complexity index is 654. The van der Waals surface area contributed by atoms with Gasteiger partial charge in [-0.3, -0.25) is 0 Å². The molecule has 0 fully saturated rings. The van der Waals surface area contributed by atoms with Crippen LogP contribution in [0.25, 0.3) is 0 Å². The molecular weight excluding hydrogens is 252 g/mol. The molecule has 0 saturated carbocycles. The first-order valence-electron chi connectivity index (χ1n) is 5.68. The largest absolute Gasteiger partial charge is 0.478 e. The van der Waals surface area contributed by atoms with Gasteiger partial charge in [-0.1, -0.05) is 13.8 Å². The molecule has 1 aliphatic rings. The lowest BCUT2D eigenvalue weighted by Gasteiger charge is -2.21. The van der Waals surface area contributed by atoms with Gasteiger partial charge in [0.25, 0.3) is 0 Å². The summed E-state index contributed by atoms with van der Waals surface area (Å²) in [6, 6.07) is 1.45. The molecule has 1 heterocycles. The molecule has 2 rings (SSSR count). The Morgan fingerprint density at radius 1 is 1.33 bits per heavy atom. The standard InChI is InChI=1S/C13H16O4S/c1-7-5-9(12(14)15)8(2)10-11(7)18(16,17)6-13(10,3)4/h5H,6H2,1-4H3,(H,14,15). The summed E-state index contributed by atoms with van der Waals surface area (Å²) in [5.74, 6) is -0.974. The van der Waals surface area contributed by atoms with Gasteiger partial charge >= 0.3 is 5.97 Å². The molecule has 5 heteroatoms. The van der Waals surface area contributed by atoms with E-state index in [4.69, 9.17) is 0 Å². The van der Waals surface area contributed by atoms with Gasteiger partial charge in [0.1, 0.15) is 0 Å². The quantitative estimate of drug-likeness (QED) is 0.846. The van der Waals surface area contributed by atoms with Gasteiger partial charge in [-0.15, -0.1) is 0 Å². The van der Waals surface area contributed by atoms with E-state index in [2.05, 4.69) is 0 Å². The van der Waals surface area contributed by atoms with Gasteiger partial charge in [-0.2, -0.15) is 0 Å². The van der Waals surface area contributed by atoms with Gasteiger partial charge in [0.15, 0.2) is 9.84 Å². The summed E-state index contributed by atoms with van der Waals surface area (Å²) in [7, 11) is -3.30. The van der Waals surface area contributed by atoms with Crippen LogP contribution in [0.4, 0.5) is 0 Å². The molecule has 0 saturated heterocycles. The van der Waals surface area contributed by atoms with E-state index >= 15 is 0 Å². The average Bonchev–Trinajstić information content (AvgIpc) is 2.37. The Morgan fingerprint density at radius 2 is 1.89 bits per heavy atom. The smallest absolute Gasteiger partial charge is 0.335 e. The van der Waals surface area contributed by atoms with Crippen molar-refractivity contribution in [3.05, 3.63) is 28.3 Å². The lowest BCUT2D eigenvalue weighted by atomic mass is 9.81. The molecule has 0 atom stereocenters. The highest BCUT2D eigenvalue weighted by Crippen LogP contribution is 2.44. The molecule has 1 aromatic rings. The van der Waals surface area contributed by atoms with Gasteiger partial charge in [0.2, 0.25) is 0 Å². The summed E-state index contributed by atoms with van der Waals surface area (Å²) in [5.41, 5.74) is 1.41. The predicted molar refractivity (Wildman–Crippen MR) is 68.0 cm³/mol. The van der Waals surface area contributed by atoms with E-state index in [9.17, 15) is 18.3 Å². The van der Waals surface area contributed by atoms with Crippen LogP contribution in [0.3, 0.4) is 0 Å². The third-order valence-electron chi connectivity index (χ3n) is 3.49. The number of aromatic carboxylic acids is 1. The number of carboxylic acids is 1. The molecule has 1 N–H and O–H groups in total. The Morgan fingerprint density at radius 3 is 2.39 bits per heavy atom. The third kappa shape index (κ3) is 1.65. The molecule has 1 aliphatic heterocycles. The normalized spacial score (nSPS) is 19.6. The number of fused-ring (bicyclic) bond motifs is 1.